The Hall–Kier alpha value is -1.31. The molecule has 0 aromatic carbocycles. The van der Waals surface area contributed by atoms with Crippen LogP contribution in [0.2, 0.25) is 0 Å². The highest BCUT2D eigenvalue weighted by atomic mass is 16.3. The Morgan fingerprint density at radius 1 is 1.70 bits per heavy atom. The molecule has 10 heavy (non-hydrogen) atoms. The molecular weight excluding hydrogens is 126 g/mol. The van der Waals surface area contributed by atoms with Crippen LogP contribution in [-0.4, -0.2) is 4.98 Å². The summed E-state index contributed by atoms with van der Waals surface area (Å²) in [5.41, 5.74) is 0. The minimum absolute atomic E-state index is 0.744. The number of hydrogen-bond donors (Lipinski definition) is 0. The van der Waals surface area contributed by atoms with Crippen LogP contribution in [0.25, 0.3) is 0 Å². The molecule has 1 aromatic heterocycles. The summed E-state index contributed by atoms with van der Waals surface area (Å²) in [6.45, 7) is 5.11. The van der Waals surface area contributed by atoms with Gasteiger partial charge in [-0.3, -0.25) is 0 Å². The number of hydrogen-bond acceptors (Lipinski definition) is 2. The molecule has 0 fully saturated rings. The van der Waals surface area contributed by atoms with E-state index in [1.54, 1.807) is 12.3 Å². The van der Waals surface area contributed by atoms with E-state index < -0.39 is 0 Å². The van der Waals surface area contributed by atoms with Crippen LogP contribution in [0.15, 0.2) is 35.2 Å². The summed E-state index contributed by atoms with van der Waals surface area (Å²) in [6, 6.07) is 0. The molecule has 0 N–H and O–H groups in total. The van der Waals surface area contributed by atoms with Gasteiger partial charge >= 0.3 is 0 Å². The SMILES string of the molecule is [CH]=CC=CCc1cnco1. The largest absolute Gasteiger partial charge is 0.448 e. The van der Waals surface area contributed by atoms with Gasteiger partial charge in [0.25, 0.3) is 0 Å². The maximum Gasteiger partial charge on any atom is 0.180 e. The van der Waals surface area contributed by atoms with Gasteiger partial charge in [0, 0.05) is 6.42 Å². The average Bonchev–Trinajstić information content (AvgIpc) is 2.41. The van der Waals surface area contributed by atoms with Gasteiger partial charge in [-0.2, -0.15) is 0 Å². The van der Waals surface area contributed by atoms with Crippen LogP contribution >= 0.6 is 0 Å². The number of allylic oxidation sites excluding steroid dienone is 3. The van der Waals surface area contributed by atoms with Crippen LogP contribution in [0.4, 0.5) is 0 Å². The van der Waals surface area contributed by atoms with Crippen LogP contribution in [0, 0.1) is 6.58 Å². The van der Waals surface area contributed by atoms with Gasteiger partial charge in [0.2, 0.25) is 0 Å². The minimum Gasteiger partial charge on any atom is -0.448 e. The number of nitrogens with zero attached hydrogens (tertiary/aromatic N) is 1. The van der Waals surface area contributed by atoms with Crippen molar-refractivity contribution < 1.29 is 4.42 Å². The Bertz CT molecular complexity index is 211. The zero-order valence-electron chi connectivity index (χ0n) is 5.53. The highest BCUT2D eigenvalue weighted by molar-refractivity contribution is 5.02. The Kier molecular flexibility index (Phi) is 2.49. The smallest absolute Gasteiger partial charge is 0.180 e. The van der Waals surface area contributed by atoms with E-state index in [0.717, 1.165) is 12.2 Å². The molecule has 0 amide bonds. The number of rotatable bonds is 3. The van der Waals surface area contributed by atoms with Crippen molar-refractivity contribution in [3.8, 4) is 0 Å². The van der Waals surface area contributed by atoms with E-state index in [-0.39, 0.29) is 0 Å². The zero-order valence-corrected chi connectivity index (χ0v) is 5.53. The first-order valence-corrected chi connectivity index (χ1v) is 3.01. The van der Waals surface area contributed by atoms with Crippen molar-refractivity contribution in [1.82, 2.24) is 4.98 Å². The minimum atomic E-state index is 0.744. The maximum atomic E-state index is 5.11. The second-order valence-corrected chi connectivity index (χ2v) is 1.79. The first-order chi connectivity index (χ1) is 4.93. The van der Waals surface area contributed by atoms with E-state index in [2.05, 4.69) is 4.98 Å². The molecule has 1 aromatic rings. The predicted molar refractivity (Wildman–Crippen MR) is 38.2 cm³/mol. The van der Waals surface area contributed by atoms with Crippen LogP contribution in [0.3, 0.4) is 0 Å². The van der Waals surface area contributed by atoms with E-state index in [1.165, 1.54) is 12.5 Å². The molecule has 0 bridgehead atoms. The first-order valence-electron chi connectivity index (χ1n) is 3.01. The van der Waals surface area contributed by atoms with E-state index in [0.29, 0.717) is 0 Å². The lowest BCUT2D eigenvalue weighted by Crippen LogP contribution is -1.72. The molecule has 0 aliphatic heterocycles. The first kappa shape index (κ1) is 6.81. The van der Waals surface area contributed by atoms with Crippen molar-refractivity contribution in [2.75, 3.05) is 0 Å². The van der Waals surface area contributed by atoms with Gasteiger partial charge in [-0.25, -0.2) is 4.98 Å². The topological polar surface area (TPSA) is 26.0 Å². The summed E-state index contributed by atoms with van der Waals surface area (Å²) < 4.78 is 4.96. The van der Waals surface area contributed by atoms with E-state index in [1.807, 2.05) is 6.08 Å². The highest BCUT2D eigenvalue weighted by Crippen LogP contribution is 1.97. The van der Waals surface area contributed by atoms with Crippen molar-refractivity contribution in [2.24, 2.45) is 0 Å². The molecule has 1 heterocycles. The lowest BCUT2D eigenvalue weighted by molar-refractivity contribution is 0.516. The third-order valence-electron chi connectivity index (χ3n) is 1.05. The summed E-state index contributed by atoms with van der Waals surface area (Å²) in [5.74, 6) is 0.845. The monoisotopic (exact) mass is 134 g/mol. The summed E-state index contributed by atoms with van der Waals surface area (Å²) in [6.07, 6.45) is 8.99. The van der Waals surface area contributed by atoms with Gasteiger partial charge in [-0.05, 0) is 0 Å². The normalized spacial score (nSPS) is 10.4. The van der Waals surface area contributed by atoms with Crippen LogP contribution in [0.5, 0.6) is 0 Å². The highest BCUT2D eigenvalue weighted by Gasteiger charge is 1.89. The molecule has 51 valence electrons. The third-order valence-corrected chi connectivity index (χ3v) is 1.05. The van der Waals surface area contributed by atoms with Crippen LogP contribution in [-0.2, 0) is 6.42 Å². The van der Waals surface area contributed by atoms with Gasteiger partial charge in [0.15, 0.2) is 6.39 Å². The molecule has 1 radical (unpaired) electrons. The molecule has 0 unspecified atom stereocenters. The van der Waals surface area contributed by atoms with Gasteiger partial charge in [-0.15, -0.1) is 0 Å². The van der Waals surface area contributed by atoms with E-state index in [4.69, 9.17) is 11.0 Å². The van der Waals surface area contributed by atoms with Crippen molar-refractivity contribution >= 4 is 0 Å². The number of oxazole rings is 1. The molecule has 2 nitrogen and oxygen atoms in total. The van der Waals surface area contributed by atoms with Gasteiger partial charge in [0.1, 0.15) is 5.76 Å². The molecule has 0 saturated carbocycles. The van der Waals surface area contributed by atoms with Gasteiger partial charge < -0.3 is 4.42 Å². The van der Waals surface area contributed by atoms with E-state index >= 15 is 0 Å². The van der Waals surface area contributed by atoms with E-state index in [9.17, 15) is 0 Å². The molecule has 0 spiro atoms. The Morgan fingerprint density at radius 3 is 3.20 bits per heavy atom. The van der Waals surface area contributed by atoms with Crippen molar-refractivity contribution in [3.63, 3.8) is 0 Å². The molecule has 0 saturated heterocycles. The van der Waals surface area contributed by atoms with Crippen LogP contribution < -0.4 is 0 Å². The Labute approximate surface area is 59.9 Å². The summed E-state index contributed by atoms with van der Waals surface area (Å²) in [7, 11) is 0. The fourth-order valence-corrected chi connectivity index (χ4v) is 0.606. The zero-order chi connectivity index (χ0) is 7.23. The second-order valence-electron chi connectivity index (χ2n) is 1.79. The standard InChI is InChI=1S/C8H8NO/c1-2-3-4-5-8-6-9-7-10-8/h1-4,6-7H,5H2. The molecule has 1 rings (SSSR count). The third kappa shape index (κ3) is 1.90. The number of aromatic nitrogens is 1. The molecule has 0 aliphatic carbocycles. The average molecular weight is 134 g/mol. The predicted octanol–water partition coefficient (Wildman–Crippen LogP) is 1.76. The van der Waals surface area contributed by atoms with Gasteiger partial charge in [0.05, 0.1) is 6.20 Å². The summed E-state index contributed by atoms with van der Waals surface area (Å²) in [4.78, 5) is 3.76. The lowest BCUT2D eigenvalue weighted by Gasteiger charge is -1.82. The second kappa shape index (κ2) is 3.67. The quantitative estimate of drug-likeness (QED) is 0.589. The molecule has 0 atom stereocenters. The Balaban J connectivity index is 2.41. The molecular formula is C8H8NO. The van der Waals surface area contributed by atoms with Crippen LogP contribution in [0.1, 0.15) is 5.76 Å². The van der Waals surface area contributed by atoms with Crippen molar-refractivity contribution in [2.45, 2.75) is 6.42 Å². The van der Waals surface area contributed by atoms with Gasteiger partial charge in [-0.1, -0.05) is 24.8 Å². The lowest BCUT2D eigenvalue weighted by atomic mass is 10.3. The molecule has 0 aliphatic rings. The summed E-state index contributed by atoms with van der Waals surface area (Å²) >= 11 is 0. The fraction of sp³-hybridized carbons (Fsp3) is 0.125. The van der Waals surface area contributed by atoms with Crippen molar-refractivity contribution in [1.29, 1.82) is 0 Å². The van der Waals surface area contributed by atoms with Crippen molar-refractivity contribution in [3.05, 3.63) is 43.2 Å². The Morgan fingerprint density at radius 2 is 2.60 bits per heavy atom. The summed E-state index contributed by atoms with van der Waals surface area (Å²) in [5, 5.41) is 0. The fourth-order valence-electron chi connectivity index (χ4n) is 0.606. The maximum absolute atomic E-state index is 5.11. The molecule has 2 heteroatoms.